The molecule has 0 fully saturated rings. The summed E-state index contributed by atoms with van der Waals surface area (Å²) in [7, 11) is 0. The van der Waals surface area contributed by atoms with Gasteiger partial charge in [0.25, 0.3) is 0 Å². The maximum atomic E-state index is 3.66. The molecular formula is C13H19Br. The van der Waals surface area contributed by atoms with E-state index in [1.807, 2.05) is 0 Å². The summed E-state index contributed by atoms with van der Waals surface area (Å²) >= 11 is 3.66. The van der Waals surface area contributed by atoms with E-state index in [0.29, 0.717) is 0 Å². The van der Waals surface area contributed by atoms with E-state index in [2.05, 4.69) is 61.0 Å². The third-order valence-corrected chi connectivity index (χ3v) is 2.47. The van der Waals surface area contributed by atoms with Crippen LogP contribution in [-0.4, -0.2) is 4.32 Å². The standard InChI is InChI=1S/C13H19Br/c1-4-5-11-6-8-12(9-7-11)10-13(2,3)14/h6-9H,4-5,10H2,1-3H3. The first-order valence-electron chi connectivity index (χ1n) is 5.28. The van der Waals surface area contributed by atoms with Crippen LogP contribution in [0.3, 0.4) is 0 Å². The fourth-order valence-corrected chi connectivity index (χ4v) is 1.92. The van der Waals surface area contributed by atoms with E-state index in [-0.39, 0.29) is 4.32 Å². The van der Waals surface area contributed by atoms with Crippen molar-refractivity contribution >= 4 is 15.9 Å². The van der Waals surface area contributed by atoms with Crippen molar-refractivity contribution in [3.05, 3.63) is 35.4 Å². The minimum atomic E-state index is 0.208. The molecule has 0 aliphatic carbocycles. The quantitative estimate of drug-likeness (QED) is 0.701. The Morgan fingerprint density at radius 3 is 2.00 bits per heavy atom. The monoisotopic (exact) mass is 254 g/mol. The van der Waals surface area contributed by atoms with Gasteiger partial charge in [-0.05, 0) is 37.8 Å². The summed E-state index contributed by atoms with van der Waals surface area (Å²) in [6, 6.07) is 8.98. The maximum Gasteiger partial charge on any atom is 0.0242 e. The average Bonchev–Trinajstić information content (AvgIpc) is 2.06. The first-order chi connectivity index (χ1) is 6.51. The fourth-order valence-electron chi connectivity index (χ4n) is 1.60. The summed E-state index contributed by atoms with van der Waals surface area (Å²) in [6.07, 6.45) is 3.50. The highest BCUT2D eigenvalue weighted by Gasteiger charge is 2.12. The van der Waals surface area contributed by atoms with Gasteiger partial charge in [0.15, 0.2) is 0 Å². The van der Waals surface area contributed by atoms with Crippen molar-refractivity contribution in [1.29, 1.82) is 0 Å². The van der Waals surface area contributed by atoms with Gasteiger partial charge >= 0.3 is 0 Å². The van der Waals surface area contributed by atoms with Crippen LogP contribution in [0.15, 0.2) is 24.3 Å². The molecule has 0 spiro atoms. The molecular weight excluding hydrogens is 236 g/mol. The van der Waals surface area contributed by atoms with Gasteiger partial charge in [-0.25, -0.2) is 0 Å². The Labute approximate surface area is 95.9 Å². The first kappa shape index (κ1) is 11.8. The maximum absolute atomic E-state index is 3.66. The predicted molar refractivity (Wildman–Crippen MR) is 67.1 cm³/mol. The van der Waals surface area contributed by atoms with E-state index in [1.54, 1.807) is 0 Å². The van der Waals surface area contributed by atoms with Gasteiger partial charge in [0.2, 0.25) is 0 Å². The molecule has 0 aliphatic rings. The Morgan fingerprint density at radius 2 is 1.57 bits per heavy atom. The van der Waals surface area contributed by atoms with E-state index in [9.17, 15) is 0 Å². The Hall–Kier alpha value is -0.300. The molecule has 1 aromatic rings. The van der Waals surface area contributed by atoms with Crippen LogP contribution in [0.2, 0.25) is 0 Å². The van der Waals surface area contributed by atoms with Crippen molar-refractivity contribution < 1.29 is 0 Å². The lowest BCUT2D eigenvalue weighted by Gasteiger charge is -2.15. The zero-order valence-corrected chi connectivity index (χ0v) is 10.9. The molecule has 1 rings (SSSR count). The van der Waals surface area contributed by atoms with Crippen LogP contribution >= 0.6 is 15.9 Å². The lowest BCUT2D eigenvalue weighted by Crippen LogP contribution is -2.12. The normalized spacial score (nSPS) is 11.7. The van der Waals surface area contributed by atoms with Crippen LogP contribution in [0.25, 0.3) is 0 Å². The number of alkyl halides is 1. The largest absolute Gasteiger partial charge is 0.0856 e. The van der Waals surface area contributed by atoms with Gasteiger partial charge in [-0.2, -0.15) is 0 Å². The van der Waals surface area contributed by atoms with E-state index < -0.39 is 0 Å². The summed E-state index contributed by atoms with van der Waals surface area (Å²) in [5.74, 6) is 0. The van der Waals surface area contributed by atoms with Crippen molar-refractivity contribution in [2.75, 3.05) is 0 Å². The molecule has 0 saturated carbocycles. The Kier molecular flexibility index (Phi) is 4.18. The molecule has 0 radical (unpaired) electrons. The minimum Gasteiger partial charge on any atom is -0.0856 e. The van der Waals surface area contributed by atoms with Crippen molar-refractivity contribution in [3.8, 4) is 0 Å². The van der Waals surface area contributed by atoms with Gasteiger partial charge in [0.05, 0.1) is 0 Å². The second-order valence-corrected chi connectivity index (χ2v) is 6.61. The number of rotatable bonds is 4. The van der Waals surface area contributed by atoms with E-state index >= 15 is 0 Å². The zero-order chi connectivity index (χ0) is 10.6. The molecule has 0 aromatic heterocycles. The van der Waals surface area contributed by atoms with Crippen LogP contribution in [-0.2, 0) is 12.8 Å². The fraction of sp³-hybridized carbons (Fsp3) is 0.538. The number of halogens is 1. The smallest absolute Gasteiger partial charge is 0.0242 e. The van der Waals surface area contributed by atoms with Crippen LogP contribution in [0.1, 0.15) is 38.3 Å². The van der Waals surface area contributed by atoms with Gasteiger partial charge < -0.3 is 0 Å². The molecule has 14 heavy (non-hydrogen) atoms. The molecule has 78 valence electrons. The highest BCUT2D eigenvalue weighted by molar-refractivity contribution is 9.10. The van der Waals surface area contributed by atoms with Crippen LogP contribution in [0.5, 0.6) is 0 Å². The molecule has 0 heterocycles. The van der Waals surface area contributed by atoms with Crippen LogP contribution < -0.4 is 0 Å². The predicted octanol–water partition coefficient (Wildman–Crippen LogP) is 4.36. The third kappa shape index (κ3) is 4.28. The molecule has 0 nitrogen and oxygen atoms in total. The zero-order valence-electron chi connectivity index (χ0n) is 9.31. The van der Waals surface area contributed by atoms with Crippen molar-refractivity contribution in [2.45, 2.75) is 44.4 Å². The number of benzene rings is 1. The summed E-state index contributed by atoms with van der Waals surface area (Å²) in [6.45, 7) is 6.62. The molecule has 0 amide bonds. The summed E-state index contributed by atoms with van der Waals surface area (Å²) in [5, 5.41) is 0. The SMILES string of the molecule is CCCc1ccc(CC(C)(C)Br)cc1. The topological polar surface area (TPSA) is 0 Å². The van der Waals surface area contributed by atoms with E-state index in [1.165, 1.54) is 24.0 Å². The first-order valence-corrected chi connectivity index (χ1v) is 6.07. The molecule has 1 aromatic carbocycles. The number of aryl methyl sites for hydroxylation is 1. The van der Waals surface area contributed by atoms with Gasteiger partial charge in [-0.3, -0.25) is 0 Å². The van der Waals surface area contributed by atoms with E-state index in [0.717, 1.165) is 6.42 Å². The Balaban J connectivity index is 2.64. The third-order valence-electron chi connectivity index (χ3n) is 2.19. The summed E-state index contributed by atoms with van der Waals surface area (Å²) in [4.78, 5) is 0. The van der Waals surface area contributed by atoms with Gasteiger partial charge in [0.1, 0.15) is 0 Å². The Bertz CT molecular complexity index is 266. The molecule has 0 atom stereocenters. The molecule has 0 aliphatic heterocycles. The van der Waals surface area contributed by atoms with Gasteiger partial charge in [-0.15, -0.1) is 0 Å². The van der Waals surface area contributed by atoms with Crippen LogP contribution in [0, 0.1) is 0 Å². The average molecular weight is 255 g/mol. The van der Waals surface area contributed by atoms with Gasteiger partial charge in [0, 0.05) is 4.32 Å². The summed E-state index contributed by atoms with van der Waals surface area (Å²) < 4.78 is 0.208. The van der Waals surface area contributed by atoms with Crippen molar-refractivity contribution in [2.24, 2.45) is 0 Å². The molecule has 0 bridgehead atoms. The van der Waals surface area contributed by atoms with Crippen molar-refractivity contribution in [1.82, 2.24) is 0 Å². The lowest BCUT2D eigenvalue weighted by atomic mass is 10.0. The second-order valence-electron chi connectivity index (χ2n) is 4.46. The molecule has 0 N–H and O–H groups in total. The number of hydrogen-bond donors (Lipinski definition) is 0. The molecule has 1 heteroatoms. The van der Waals surface area contributed by atoms with Gasteiger partial charge in [-0.1, -0.05) is 53.5 Å². The van der Waals surface area contributed by atoms with Crippen molar-refractivity contribution in [3.63, 3.8) is 0 Å². The van der Waals surface area contributed by atoms with Crippen LogP contribution in [0.4, 0.5) is 0 Å². The number of hydrogen-bond acceptors (Lipinski definition) is 0. The lowest BCUT2D eigenvalue weighted by molar-refractivity contribution is 0.724. The minimum absolute atomic E-state index is 0.208. The van der Waals surface area contributed by atoms with E-state index in [4.69, 9.17) is 0 Å². The second kappa shape index (κ2) is 4.97. The highest BCUT2D eigenvalue weighted by Crippen LogP contribution is 2.22. The summed E-state index contributed by atoms with van der Waals surface area (Å²) in [5.41, 5.74) is 2.86. The Morgan fingerprint density at radius 1 is 1.07 bits per heavy atom. The highest BCUT2D eigenvalue weighted by atomic mass is 79.9. The molecule has 0 unspecified atom stereocenters. The molecule has 0 saturated heterocycles.